The molecule has 3 heteroatoms. The predicted octanol–water partition coefficient (Wildman–Crippen LogP) is 3.37. The fourth-order valence-electron chi connectivity index (χ4n) is 1.87. The molecule has 1 unspecified atom stereocenters. The van der Waals surface area contributed by atoms with Crippen molar-refractivity contribution in [2.24, 2.45) is 0 Å². The van der Waals surface area contributed by atoms with E-state index < -0.39 is 9.93 Å². The molecule has 2 rings (SSSR count). The Balaban J connectivity index is 2.20. The van der Waals surface area contributed by atoms with Gasteiger partial charge in [-0.05, 0) is 19.1 Å². The van der Waals surface area contributed by atoms with Crippen LogP contribution in [0.1, 0.15) is 15.9 Å². The normalized spacial score (nSPS) is 13.8. The summed E-state index contributed by atoms with van der Waals surface area (Å²) in [5.74, 6) is -0.0197. The first kappa shape index (κ1) is 13.7. The Kier molecular flexibility index (Phi) is 3.96. The second-order valence-electron chi connectivity index (χ2n) is 4.75. The van der Waals surface area contributed by atoms with Crippen molar-refractivity contribution in [2.75, 3.05) is 12.0 Å². The van der Waals surface area contributed by atoms with Crippen LogP contribution in [0, 0.1) is 6.92 Å². The highest BCUT2D eigenvalue weighted by Crippen LogP contribution is 2.19. The van der Waals surface area contributed by atoms with Gasteiger partial charge in [0.05, 0.1) is 0 Å². The maximum Gasteiger partial charge on any atom is 0.212 e. The molecule has 0 aliphatic rings. The van der Waals surface area contributed by atoms with E-state index in [0.29, 0.717) is 5.56 Å². The van der Waals surface area contributed by atoms with Gasteiger partial charge in [0.2, 0.25) is 5.78 Å². The van der Waals surface area contributed by atoms with E-state index in [9.17, 15) is 9.00 Å². The third-order valence-electron chi connectivity index (χ3n) is 3.02. The zero-order valence-corrected chi connectivity index (χ0v) is 11.9. The fraction of sp³-hybridized carbons (Fsp3) is 0.188. The Bertz CT molecular complexity index is 615. The van der Waals surface area contributed by atoms with Crippen molar-refractivity contribution in [2.45, 2.75) is 11.8 Å². The minimum absolute atomic E-state index is 0.0556. The van der Waals surface area contributed by atoms with E-state index in [1.807, 2.05) is 49.4 Å². The largest absolute Gasteiger partial charge is 0.289 e. The number of hydrogen-bond acceptors (Lipinski definition) is 2. The standard InChI is InChI=1S/C16H17O2S/c1-13-8-10-15(11-9-13)19(2,18)12-16(17)14-6-4-3-5-7-14/h3-11H,12H2,1-2H3/q+1. The minimum atomic E-state index is -2.32. The molecule has 1 atom stereocenters. The van der Waals surface area contributed by atoms with Gasteiger partial charge in [-0.2, -0.15) is 0 Å². The number of hydrogen-bond donors (Lipinski definition) is 0. The number of carbonyl (C=O) groups is 1. The topological polar surface area (TPSA) is 34.1 Å². The van der Waals surface area contributed by atoms with Gasteiger partial charge >= 0.3 is 0 Å². The summed E-state index contributed by atoms with van der Waals surface area (Å²) < 4.78 is 12.7. The molecule has 0 bridgehead atoms. The summed E-state index contributed by atoms with van der Waals surface area (Å²) in [6, 6.07) is 16.5. The second kappa shape index (κ2) is 5.49. The van der Waals surface area contributed by atoms with Crippen molar-refractivity contribution in [1.29, 1.82) is 0 Å². The van der Waals surface area contributed by atoms with Gasteiger partial charge in [-0.1, -0.05) is 52.2 Å². The summed E-state index contributed by atoms with van der Waals surface area (Å²) in [5.41, 5.74) is 1.73. The second-order valence-corrected chi connectivity index (χ2v) is 7.52. The van der Waals surface area contributed by atoms with Crippen LogP contribution in [0.25, 0.3) is 0 Å². The molecule has 0 heterocycles. The van der Waals surface area contributed by atoms with Crippen LogP contribution >= 0.6 is 0 Å². The van der Waals surface area contributed by atoms with Crippen molar-refractivity contribution >= 4 is 15.7 Å². The molecule has 2 aromatic carbocycles. The third-order valence-corrected chi connectivity index (χ3v) is 5.10. The zero-order valence-electron chi connectivity index (χ0n) is 11.1. The molecule has 0 saturated heterocycles. The number of rotatable bonds is 4. The van der Waals surface area contributed by atoms with Gasteiger partial charge < -0.3 is 0 Å². The van der Waals surface area contributed by atoms with Gasteiger partial charge in [0.25, 0.3) is 0 Å². The average Bonchev–Trinajstić information content (AvgIpc) is 2.40. The summed E-state index contributed by atoms with van der Waals surface area (Å²) in [5, 5.41) is 0. The number of Topliss-reactive ketones (excluding diaryl/α,β-unsaturated/α-hetero) is 1. The van der Waals surface area contributed by atoms with E-state index >= 15 is 0 Å². The summed E-state index contributed by atoms with van der Waals surface area (Å²) >= 11 is 0. The van der Waals surface area contributed by atoms with Crippen molar-refractivity contribution < 1.29 is 9.00 Å². The monoisotopic (exact) mass is 273 g/mol. The van der Waals surface area contributed by atoms with Crippen LogP contribution in [0.5, 0.6) is 0 Å². The van der Waals surface area contributed by atoms with E-state index in [1.165, 1.54) is 0 Å². The molecule has 0 spiro atoms. The molecule has 19 heavy (non-hydrogen) atoms. The van der Waals surface area contributed by atoms with Gasteiger partial charge in [0.1, 0.15) is 16.2 Å². The molecule has 0 fully saturated rings. The molecule has 2 aromatic rings. The molecule has 0 saturated carbocycles. The van der Waals surface area contributed by atoms with Crippen LogP contribution in [0.3, 0.4) is 0 Å². The van der Waals surface area contributed by atoms with Crippen LogP contribution in [-0.2, 0) is 14.1 Å². The van der Waals surface area contributed by atoms with E-state index in [1.54, 1.807) is 18.4 Å². The van der Waals surface area contributed by atoms with E-state index in [2.05, 4.69) is 0 Å². The van der Waals surface area contributed by atoms with Crippen LogP contribution in [0.2, 0.25) is 0 Å². The van der Waals surface area contributed by atoms with Gasteiger partial charge in [0.15, 0.2) is 10.6 Å². The lowest BCUT2D eigenvalue weighted by molar-refractivity contribution is 0.102. The van der Waals surface area contributed by atoms with Crippen molar-refractivity contribution in [3.63, 3.8) is 0 Å². The fourth-order valence-corrected chi connectivity index (χ4v) is 3.41. The predicted molar refractivity (Wildman–Crippen MR) is 79.1 cm³/mol. The number of benzene rings is 2. The van der Waals surface area contributed by atoms with Gasteiger partial charge in [-0.25, -0.2) is 0 Å². The molecule has 0 aliphatic heterocycles. The highest BCUT2D eigenvalue weighted by atomic mass is 32.2. The van der Waals surface area contributed by atoms with Crippen molar-refractivity contribution in [3.8, 4) is 0 Å². The Hall–Kier alpha value is -1.74. The lowest BCUT2D eigenvalue weighted by Gasteiger charge is -2.07. The zero-order chi connectivity index (χ0) is 13.9. The first-order valence-electron chi connectivity index (χ1n) is 6.11. The molecule has 0 N–H and O–H groups in total. The van der Waals surface area contributed by atoms with Crippen LogP contribution in [-0.4, -0.2) is 17.8 Å². The molecular formula is C16H17O2S+. The first-order chi connectivity index (χ1) is 8.99. The number of carbonyl (C=O) groups excluding carboxylic acids is 1. The molecule has 0 aromatic heterocycles. The van der Waals surface area contributed by atoms with Gasteiger partial charge in [-0.15, -0.1) is 0 Å². The quantitative estimate of drug-likeness (QED) is 0.632. The van der Waals surface area contributed by atoms with Crippen LogP contribution < -0.4 is 0 Å². The van der Waals surface area contributed by atoms with Crippen LogP contribution in [0.4, 0.5) is 0 Å². The summed E-state index contributed by atoms with van der Waals surface area (Å²) in [4.78, 5) is 12.9. The highest BCUT2D eigenvalue weighted by Gasteiger charge is 2.29. The third kappa shape index (κ3) is 3.38. The summed E-state index contributed by atoms with van der Waals surface area (Å²) in [7, 11) is -2.32. The molecule has 0 amide bonds. The maximum atomic E-state index is 12.7. The smallest absolute Gasteiger partial charge is 0.212 e. The highest BCUT2D eigenvalue weighted by molar-refractivity contribution is 8.03. The Morgan fingerprint density at radius 2 is 1.58 bits per heavy atom. The van der Waals surface area contributed by atoms with Crippen molar-refractivity contribution in [3.05, 3.63) is 65.7 Å². The minimum Gasteiger partial charge on any atom is -0.289 e. The number of ketones is 1. The van der Waals surface area contributed by atoms with E-state index in [-0.39, 0.29) is 11.5 Å². The molecule has 98 valence electrons. The summed E-state index contributed by atoms with van der Waals surface area (Å²) in [6.07, 6.45) is 1.65. The van der Waals surface area contributed by atoms with E-state index in [0.717, 1.165) is 10.5 Å². The van der Waals surface area contributed by atoms with Gasteiger partial charge in [0, 0.05) is 5.56 Å². The molecular weight excluding hydrogens is 256 g/mol. The van der Waals surface area contributed by atoms with Gasteiger partial charge in [-0.3, -0.25) is 4.79 Å². The van der Waals surface area contributed by atoms with E-state index in [4.69, 9.17) is 0 Å². The first-order valence-corrected chi connectivity index (χ1v) is 8.24. The molecule has 0 radical (unpaired) electrons. The van der Waals surface area contributed by atoms with Crippen LogP contribution in [0.15, 0.2) is 59.5 Å². The molecule has 2 nitrogen and oxygen atoms in total. The summed E-state index contributed by atoms with van der Waals surface area (Å²) in [6.45, 7) is 1.98. The Morgan fingerprint density at radius 1 is 1.00 bits per heavy atom. The van der Waals surface area contributed by atoms with Crippen molar-refractivity contribution in [1.82, 2.24) is 0 Å². The molecule has 0 aliphatic carbocycles. The Labute approximate surface area is 114 Å². The SMILES string of the molecule is Cc1ccc([S+](C)(=O)CC(=O)c2ccccc2)cc1. The lowest BCUT2D eigenvalue weighted by Crippen LogP contribution is -2.21. The average molecular weight is 273 g/mol. The maximum absolute atomic E-state index is 12.7. The number of aryl methyl sites for hydroxylation is 1. The lowest BCUT2D eigenvalue weighted by atomic mass is 10.2. The Morgan fingerprint density at radius 3 is 2.16 bits per heavy atom.